The van der Waals surface area contributed by atoms with Crippen LogP contribution in [0.5, 0.6) is 5.75 Å². The Kier molecular flexibility index (Phi) is 7.67. The first kappa shape index (κ1) is 18.2. The van der Waals surface area contributed by atoms with Gasteiger partial charge in [0.25, 0.3) is 0 Å². The summed E-state index contributed by atoms with van der Waals surface area (Å²) in [5.41, 5.74) is 2.04. The van der Waals surface area contributed by atoms with Gasteiger partial charge < -0.3 is 9.47 Å². The summed E-state index contributed by atoms with van der Waals surface area (Å²) in [6.07, 6.45) is 2.54. The highest BCUT2D eigenvalue weighted by Crippen LogP contribution is 2.25. The van der Waals surface area contributed by atoms with E-state index in [4.69, 9.17) is 21.1 Å². The molecule has 1 rings (SSSR count). The predicted molar refractivity (Wildman–Crippen MR) is 86.1 cm³/mol. The third kappa shape index (κ3) is 7.27. The van der Waals surface area contributed by atoms with E-state index in [1.165, 1.54) is 0 Å². The Bertz CT molecular complexity index is 560. The lowest BCUT2D eigenvalue weighted by Crippen LogP contribution is -2.10. The Labute approximate surface area is 136 Å². The monoisotopic (exact) mass is 324 g/mol. The molecular weight excluding hydrogens is 304 g/mol. The largest absolute Gasteiger partial charge is 0.461 e. The van der Waals surface area contributed by atoms with Gasteiger partial charge in [0.15, 0.2) is 0 Å². The first-order valence-corrected chi connectivity index (χ1v) is 7.52. The second-order valence-electron chi connectivity index (χ2n) is 5.23. The molecule has 0 bridgehead atoms. The minimum atomic E-state index is -0.412. The lowest BCUT2D eigenvalue weighted by Gasteiger charge is -2.07. The molecule has 0 N–H and O–H groups in total. The van der Waals surface area contributed by atoms with Crippen molar-refractivity contribution in [2.45, 2.75) is 40.0 Å². The minimum Gasteiger partial charge on any atom is -0.461 e. The molecule has 1 aromatic rings. The summed E-state index contributed by atoms with van der Waals surface area (Å²) in [6.45, 7) is 6.02. The smallest absolute Gasteiger partial charge is 0.311 e. The van der Waals surface area contributed by atoms with Crippen LogP contribution in [0.1, 0.15) is 38.7 Å². The molecule has 4 nitrogen and oxygen atoms in total. The fourth-order valence-electron chi connectivity index (χ4n) is 1.61. The SMILES string of the molecule is CC(C)=CCOC(=O)CCCC(=O)Oc1cc(C)ccc1Cl. The van der Waals surface area contributed by atoms with E-state index >= 15 is 0 Å². The Morgan fingerprint density at radius 1 is 1.18 bits per heavy atom. The Balaban J connectivity index is 2.30. The van der Waals surface area contributed by atoms with Gasteiger partial charge in [-0.3, -0.25) is 9.59 Å². The summed E-state index contributed by atoms with van der Waals surface area (Å²) in [5, 5.41) is 0.389. The fraction of sp³-hybridized carbons (Fsp3) is 0.412. The zero-order valence-electron chi connectivity index (χ0n) is 13.1. The van der Waals surface area contributed by atoms with Crippen LogP contribution in [0, 0.1) is 6.92 Å². The molecule has 1 aromatic carbocycles. The molecule has 0 saturated heterocycles. The summed E-state index contributed by atoms with van der Waals surface area (Å²) < 4.78 is 10.2. The molecule has 0 saturated carbocycles. The van der Waals surface area contributed by atoms with Gasteiger partial charge in [0.05, 0.1) is 5.02 Å². The molecule has 0 aliphatic rings. The Morgan fingerprint density at radius 2 is 1.86 bits per heavy atom. The van der Waals surface area contributed by atoms with Crippen molar-refractivity contribution in [1.82, 2.24) is 0 Å². The first-order valence-electron chi connectivity index (χ1n) is 7.14. The normalized spacial score (nSPS) is 10.0. The molecule has 0 aliphatic carbocycles. The van der Waals surface area contributed by atoms with Gasteiger partial charge in [-0.25, -0.2) is 0 Å². The zero-order valence-corrected chi connectivity index (χ0v) is 13.9. The predicted octanol–water partition coefficient (Wildman–Crippen LogP) is 4.23. The lowest BCUT2D eigenvalue weighted by molar-refractivity contribution is -0.142. The number of hydrogen-bond acceptors (Lipinski definition) is 4. The van der Waals surface area contributed by atoms with E-state index in [-0.39, 0.29) is 25.4 Å². The van der Waals surface area contributed by atoms with Gasteiger partial charge in [-0.15, -0.1) is 0 Å². The average Bonchev–Trinajstić information content (AvgIpc) is 2.42. The van der Waals surface area contributed by atoms with E-state index in [9.17, 15) is 9.59 Å². The van der Waals surface area contributed by atoms with Crippen LogP contribution in [0.3, 0.4) is 0 Å². The topological polar surface area (TPSA) is 52.6 Å². The maximum Gasteiger partial charge on any atom is 0.311 e. The molecule has 0 heterocycles. The van der Waals surface area contributed by atoms with Gasteiger partial charge in [-0.1, -0.05) is 23.2 Å². The quantitative estimate of drug-likeness (QED) is 0.428. The van der Waals surface area contributed by atoms with E-state index in [0.717, 1.165) is 11.1 Å². The first-order chi connectivity index (χ1) is 10.4. The van der Waals surface area contributed by atoms with Crippen molar-refractivity contribution >= 4 is 23.5 Å². The minimum absolute atomic E-state index is 0.141. The van der Waals surface area contributed by atoms with Gasteiger partial charge in [-0.05, 0) is 51.0 Å². The van der Waals surface area contributed by atoms with Crippen molar-refractivity contribution in [2.75, 3.05) is 6.61 Å². The number of carbonyl (C=O) groups excluding carboxylic acids is 2. The number of allylic oxidation sites excluding steroid dienone is 1. The molecule has 5 heteroatoms. The van der Waals surface area contributed by atoms with Crippen molar-refractivity contribution in [2.24, 2.45) is 0 Å². The maximum atomic E-state index is 11.7. The molecule has 0 radical (unpaired) electrons. The average molecular weight is 325 g/mol. The molecule has 0 fully saturated rings. The summed E-state index contributed by atoms with van der Waals surface area (Å²) in [4.78, 5) is 23.2. The molecule has 0 unspecified atom stereocenters. The standard InChI is InChI=1S/C17H21ClO4/c1-12(2)9-10-21-16(19)5-4-6-17(20)22-15-11-13(3)7-8-14(15)18/h7-9,11H,4-6,10H2,1-3H3. The number of aryl methyl sites for hydroxylation is 1. The zero-order chi connectivity index (χ0) is 16.5. The van der Waals surface area contributed by atoms with Crippen LogP contribution in [0.2, 0.25) is 5.02 Å². The number of rotatable bonds is 7. The van der Waals surface area contributed by atoms with Gasteiger partial charge in [0.2, 0.25) is 0 Å². The van der Waals surface area contributed by atoms with Crippen LogP contribution in [-0.4, -0.2) is 18.5 Å². The highest BCUT2D eigenvalue weighted by Gasteiger charge is 2.10. The van der Waals surface area contributed by atoms with Crippen LogP contribution in [0.15, 0.2) is 29.8 Å². The molecule has 0 aromatic heterocycles. The number of hydrogen-bond donors (Lipinski definition) is 0. The van der Waals surface area contributed by atoms with Crippen molar-refractivity contribution in [3.63, 3.8) is 0 Å². The highest BCUT2D eigenvalue weighted by molar-refractivity contribution is 6.32. The lowest BCUT2D eigenvalue weighted by atomic mass is 10.2. The number of halogens is 1. The molecule has 0 aliphatic heterocycles. The van der Waals surface area contributed by atoms with Crippen LogP contribution in [0.25, 0.3) is 0 Å². The van der Waals surface area contributed by atoms with Crippen molar-refractivity contribution < 1.29 is 19.1 Å². The number of benzene rings is 1. The number of carbonyl (C=O) groups is 2. The highest BCUT2D eigenvalue weighted by atomic mass is 35.5. The summed E-state index contributed by atoms with van der Waals surface area (Å²) >= 11 is 5.95. The van der Waals surface area contributed by atoms with Crippen molar-refractivity contribution in [3.05, 3.63) is 40.4 Å². The molecule has 120 valence electrons. The van der Waals surface area contributed by atoms with E-state index in [2.05, 4.69) is 0 Å². The molecule has 0 atom stereocenters. The number of ether oxygens (including phenoxy) is 2. The van der Waals surface area contributed by atoms with E-state index in [1.807, 2.05) is 32.9 Å². The molecule has 0 amide bonds. The van der Waals surface area contributed by atoms with Gasteiger partial charge in [-0.2, -0.15) is 0 Å². The van der Waals surface area contributed by atoms with Crippen LogP contribution in [0.4, 0.5) is 0 Å². The third-order valence-corrected chi connectivity index (χ3v) is 3.12. The maximum absolute atomic E-state index is 11.7. The summed E-state index contributed by atoms with van der Waals surface area (Å²) in [6, 6.07) is 5.22. The second-order valence-corrected chi connectivity index (χ2v) is 5.63. The Morgan fingerprint density at radius 3 is 2.55 bits per heavy atom. The van der Waals surface area contributed by atoms with Crippen molar-refractivity contribution in [3.8, 4) is 5.75 Å². The van der Waals surface area contributed by atoms with Gasteiger partial charge in [0, 0.05) is 12.8 Å². The molecule has 22 heavy (non-hydrogen) atoms. The van der Waals surface area contributed by atoms with Crippen molar-refractivity contribution in [1.29, 1.82) is 0 Å². The van der Waals surface area contributed by atoms with E-state index in [1.54, 1.807) is 12.1 Å². The third-order valence-electron chi connectivity index (χ3n) is 2.81. The van der Waals surface area contributed by atoms with Gasteiger partial charge >= 0.3 is 11.9 Å². The van der Waals surface area contributed by atoms with E-state index < -0.39 is 5.97 Å². The van der Waals surface area contributed by atoms with Crippen LogP contribution < -0.4 is 4.74 Å². The van der Waals surface area contributed by atoms with E-state index in [0.29, 0.717) is 17.2 Å². The Hall–Kier alpha value is -1.81. The molecule has 0 spiro atoms. The second kappa shape index (κ2) is 9.26. The summed E-state index contributed by atoms with van der Waals surface area (Å²) in [7, 11) is 0. The van der Waals surface area contributed by atoms with Crippen LogP contribution in [-0.2, 0) is 14.3 Å². The summed E-state index contributed by atoms with van der Waals surface area (Å²) in [5.74, 6) is -0.388. The van der Waals surface area contributed by atoms with Crippen LogP contribution >= 0.6 is 11.6 Å². The number of esters is 2. The van der Waals surface area contributed by atoms with Gasteiger partial charge in [0.1, 0.15) is 12.4 Å². The molecular formula is C17H21ClO4. The fourth-order valence-corrected chi connectivity index (χ4v) is 1.77.